The van der Waals surface area contributed by atoms with Crippen molar-refractivity contribution in [1.29, 1.82) is 0 Å². The van der Waals surface area contributed by atoms with Gasteiger partial charge in [0.05, 0.1) is 5.97 Å². The van der Waals surface area contributed by atoms with E-state index < -0.39 is 5.97 Å². The molecule has 0 aliphatic heterocycles. The molecule has 2 aromatic rings. The minimum absolute atomic E-state index is 0. The molecule has 0 atom stereocenters. The quantitative estimate of drug-likeness (QED) is 0.545. The Morgan fingerprint density at radius 3 is 2.29 bits per heavy atom. The van der Waals surface area contributed by atoms with Crippen LogP contribution in [0.25, 0.3) is 5.69 Å². The number of carbonyl (C=O) groups is 1. The molecule has 0 aliphatic carbocycles. The van der Waals surface area contributed by atoms with E-state index in [4.69, 9.17) is 0 Å². The summed E-state index contributed by atoms with van der Waals surface area (Å²) in [5.41, 5.74) is 1.49. The third-order valence-corrected chi connectivity index (χ3v) is 2.48. The fourth-order valence-electron chi connectivity index (χ4n) is 1.79. The van der Waals surface area contributed by atoms with Crippen LogP contribution in [-0.2, 0) is 0 Å². The van der Waals surface area contributed by atoms with E-state index in [9.17, 15) is 9.90 Å². The van der Waals surface area contributed by atoms with Crippen LogP contribution in [-0.4, -0.2) is 15.5 Å². The van der Waals surface area contributed by atoms with Crippen LogP contribution >= 0.6 is 0 Å². The topological polar surface area (TPSA) is 57.9 Å². The number of benzene rings is 1. The van der Waals surface area contributed by atoms with E-state index in [1.807, 2.05) is 30.3 Å². The van der Waals surface area contributed by atoms with E-state index in [-0.39, 0.29) is 24.6 Å². The zero-order valence-electron chi connectivity index (χ0n) is 10.1. The van der Waals surface area contributed by atoms with E-state index in [0.717, 1.165) is 5.69 Å². The van der Waals surface area contributed by atoms with Crippen LogP contribution in [0.4, 0.5) is 0 Å². The Kier molecular flexibility index (Phi) is 4.16. The minimum Gasteiger partial charge on any atom is -0.543 e. The Labute approximate surface area is 111 Å². The average Bonchev–Trinajstić information content (AvgIpc) is 2.56. The number of hydrogen-bond acceptors (Lipinski definition) is 3. The Morgan fingerprint density at radius 1 is 1.24 bits per heavy atom. The Balaban J connectivity index is 0.00000144. The summed E-state index contributed by atoms with van der Waals surface area (Å²) in [6.07, 6.45) is 0. The zero-order valence-corrected chi connectivity index (χ0v) is 10.1. The van der Waals surface area contributed by atoms with E-state index in [1.54, 1.807) is 18.4 Å². The van der Waals surface area contributed by atoms with Crippen molar-refractivity contribution in [2.24, 2.45) is 0 Å². The van der Waals surface area contributed by atoms with Gasteiger partial charge in [0.25, 0.3) is 0 Å². The van der Waals surface area contributed by atoms with E-state index >= 15 is 0 Å². The number of carboxylic acid groups (broad SMARTS) is 1. The van der Waals surface area contributed by atoms with Crippen molar-refractivity contribution in [2.45, 2.75) is 13.8 Å². The first kappa shape index (κ1) is 13.6. The summed E-state index contributed by atoms with van der Waals surface area (Å²) < 4.78 is 1.80. The predicted molar refractivity (Wildman–Crippen MR) is 57.4 cm³/mol. The average molecular weight is 222 g/mol. The van der Waals surface area contributed by atoms with Gasteiger partial charge in [0.15, 0.2) is 0 Å². The van der Waals surface area contributed by atoms with E-state index in [0.29, 0.717) is 11.5 Å². The summed E-state index contributed by atoms with van der Waals surface area (Å²) in [5, 5.41) is 10.8. The van der Waals surface area contributed by atoms with Crippen LogP contribution in [0.2, 0.25) is 0 Å². The number of imidazole rings is 1. The molecular formula is C12H11LiN2O2. The van der Waals surface area contributed by atoms with Crippen LogP contribution in [0.5, 0.6) is 0 Å². The number of carboxylic acids is 1. The molecule has 0 radical (unpaired) electrons. The SMILES string of the molecule is Cc1nc(C(=O)[O-])c(C)n1-c1ccccc1.[Li+]. The van der Waals surface area contributed by atoms with Crippen molar-refractivity contribution in [3.63, 3.8) is 0 Å². The molecule has 0 unspecified atom stereocenters. The van der Waals surface area contributed by atoms with Crippen LogP contribution in [0.1, 0.15) is 22.0 Å². The number of carbonyl (C=O) groups excluding carboxylic acids is 1. The van der Waals surface area contributed by atoms with E-state index in [2.05, 4.69) is 4.98 Å². The first-order chi connectivity index (χ1) is 7.61. The molecule has 1 aromatic heterocycles. The summed E-state index contributed by atoms with van der Waals surface area (Å²) in [7, 11) is 0. The molecule has 0 spiro atoms. The van der Waals surface area contributed by atoms with Crippen molar-refractivity contribution in [3.8, 4) is 5.69 Å². The van der Waals surface area contributed by atoms with Crippen molar-refractivity contribution in [3.05, 3.63) is 47.5 Å². The normalized spacial score (nSPS) is 9.76. The number of aromatic nitrogens is 2. The number of aryl methyl sites for hydroxylation is 1. The Hall–Kier alpha value is -1.50. The van der Waals surface area contributed by atoms with Crippen molar-refractivity contribution in [1.82, 2.24) is 9.55 Å². The second kappa shape index (κ2) is 5.22. The van der Waals surface area contributed by atoms with Gasteiger partial charge in [0.1, 0.15) is 11.5 Å². The van der Waals surface area contributed by atoms with Gasteiger partial charge >= 0.3 is 18.9 Å². The molecule has 0 saturated carbocycles. The van der Waals surface area contributed by atoms with Crippen LogP contribution < -0.4 is 24.0 Å². The van der Waals surface area contributed by atoms with Gasteiger partial charge in [0, 0.05) is 11.4 Å². The molecule has 82 valence electrons. The van der Waals surface area contributed by atoms with Gasteiger partial charge in [-0.25, -0.2) is 4.98 Å². The second-order valence-electron chi connectivity index (χ2n) is 3.55. The standard InChI is InChI=1S/C12H12N2O2.Li/c1-8-11(12(15)16)13-9(2)14(8)10-6-4-3-5-7-10;/h3-7H,1-2H3,(H,15,16);/q;+1/p-1. The molecule has 17 heavy (non-hydrogen) atoms. The van der Waals surface area contributed by atoms with Gasteiger partial charge in [-0.05, 0) is 26.0 Å². The third-order valence-electron chi connectivity index (χ3n) is 2.48. The molecule has 0 aliphatic rings. The summed E-state index contributed by atoms with van der Waals surface area (Å²) >= 11 is 0. The molecule has 4 nitrogen and oxygen atoms in total. The first-order valence-corrected chi connectivity index (χ1v) is 4.94. The molecule has 0 fully saturated rings. The zero-order chi connectivity index (χ0) is 11.7. The number of rotatable bonds is 2. The summed E-state index contributed by atoms with van der Waals surface area (Å²) in [6.45, 7) is 3.49. The third kappa shape index (κ3) is 2.43. The molecular weight excluding hydrogens is 211 g/mol. The van der Waals surface area contributed by atoms with Crippen molar-refractivity contribution >= 4 is 5.97 Å². The van der Waals surface area contributed by atoms with Crippen LogP contribution in [0, 0.1) is 13.8 Å². The van der Waals surface area contributed by atoms with Gasteiger partial charge in [0.2, 0.25) is 0 Å². The first-order valence-electron chi connectivity index (χ1n) is 4.94. The molecule has 0 bridgehead atoms. The molecule has 0 amide bonds. The monoisotopic (exact) mass is 222 g/mol. The van der Waals surface area contributed by atoms with Gasteiger partial charge in [-0.15, -0.1) is 0 Å². The summed E-state index contributed by atoms with van der Waals surface area (Å²) in [5.74, 6) is -0.599. The Morgan fingerprint density at radius 2 is 1.82 bits per heavy atom. The maximum atomic E-state index is 10.8. The fraction of sp³-hybridized carbons (Fsp3) is 0.167. The summed E-state index contributed by atoms with van der Waals surface area (Å²) in [6, 6.07) is 9.51. The molecule has 0 saturated heterocycles. The Bertz CT molecular complexity index is 535. The largest absolute Gasteiger partial charge is 1.00 e. The summed E-state index contributed by atoms with van der Waals surface area (Å²) in [4.78, 5) is 14.8. The molecule has 1 aromatic carbocycles. The van der Waals surface area contributed by atoms with E-state index in [1.165, 1.54) is 0 Å². The molecule has 2 rings (SSSR count). The number of hydrogen-bond donors (Lipinski definition) is 0. The maximum Gasteiger partial charge on any atom is 1.00 e. The van der Waals surface area contributed by atoms with Gasteiger partial charge in [-0.1, -0.05) is 18.2 Å². The van der Waals surface area contributed by atoms with Gasteiger partial charge in [-0.3, -0.25) is 0 Å². The minimum atomic E-state index is -1.24. The van der Waals surface area contributed by atoms with Crippen molar-refractivity contribution in [2.75, 3.05) is 0 Å². The van der Waals surface area contributed by atoms with Crippen LogP contribution in [0.3, 0.4) is 0 Å². The predicted octanol–water partition coefficient (Wildman–Crippen LogP) is -2.14. The smallest absolute Gasteiger partial charge is 0.543 e. The number of para-hydroxylation sites is 1. The van der Waals surface area contributed by atoms with Crippen molar-refractivity contribution < 1.29 is 28.8 Å². The molecule has 5 heteroatoms. The molecule has 1 heterocycles. The van der Waals surface area contributed by atoms with Gasteiger partial charge in [-0.2, -0.15) is 0 Å². The number of nitrogens with zero attached hydrogens (tertiary/aromatic N) is 2. The van der Waals surface area contributed by atoms with Crippen LogP contribution in [0.15, 0.2) is 30.3 Å². The second-order valence-corrected chi connectivity index (χ2v) is 3.55. The van der Waals surface area contributed by atoms with Gasteiger partial charge < -0.3 is 14.5 Å². The fourth-order valence-corrected chi connectivity index (χ4v) is 1.79. The molecule has 0 N–H and O–H groups in total. The maximum absolute atomic E-state index is 10.8. The number of aromatic carboxylic acids is 1.